The van der Waals surface area contributed by atoms with Crippen molar-refractivity contribution in [2.24, 2.45) is 0 Å². The van der Waals surface area contributed by atoms with Gasteiger partial charge >= 0.3 is 19.3 Å². The number of methoxy groups -OCH3 is 2. The van der Waals surface area contributed by atoms with Crippen LogP contribution in [0.25, 0.3) is 11.2 Å². The third-order valence-corrected chi connectivity index (χ3v) is 13.8. The SMILES string of the molecule is COc1ccc(C(OC[C@H]2O[C@@H](n3cnc4c(NC(=O)c5ccccc5)ncnc43)C[C@@H]2OP(C)(=O)OC[C@H]2O[C@@H](n3cc(C)c(=O)[nH]c3=O)C[C@@H]2OC(C)=O)(c2ccccc2)c2ccc(OC)cc2)cc1. The molecule has 4 aromatic carbocycles. The number of imidazole rings is 1. The fourth-order valence-electron chi connectivity index (χ4n) is 8.98. The molecule has 72 heavy (non-hydrogen) atoms. The summed E-state index contributed by atoms with van der Waals surface area (Å²) < 4.78 is 67.0. The summed E-state index contributed by atoms with van der Waals surface area (Å²) in [5.74, 6) is 0.468. The lowest BCUT2D eigenvalue weighted by atomic mass is 9.80. The molecule has 20 nitrogen and oxygen atoms in total. The van der Waals surface area contributed by atoms with Crippen molar-refractivity contribution >= 4 is 36.5 Å². The molecule has 2 aliphatic heterocycles. The van der Waals surface area contributed by atoms with Crippen molar-refractivity contribution < 1.29 is 51.6 Å². The number of hydrogen-bond donors (Lipinski definition) is 2. The van der Waals surface area contributed by atoms with Gasteiger partial charge < -0.3 is 42.8 Å². The molecule has 374 valence electrons. The molecule has 3 aromatic heterocycles. The van der Waals surface area contributed by atoms with Crippen molar-refractivity contribution in [1.82, 2.24) is 29.1 Å². The average Bonchev–Trinajstić information content (AvgIpc) is 4.12. The molecule has 0 radical (unpaired) electrons. The number of aryl methyl sites for hydroxylation is 1. The summed E-state index contributed by atoms with van der Waals surface area (Å²) in [5.41, 5.74) is 1.10. The zero-order valence-electron chi connectivity index (χ0n) is 39.9. The molecule has 2 fully saturated rings. The largest absolute Gasteiger partial charge is 0.497 e. The van der Waals surface area contributed by atoms with E-state index in [0.717, 1.165) is 16.7 Å². The molecule has 21 heteroatoms. The van der Waals surface area contributed by atoms with Crippen LogP contribution in [0.5, 0.6) is 11.5 Å². The molecule has 2 aliphatic rings. The second kappa shape index (κ2) is 21.2. The molecule has 0 aliphatic carbocycles. The van der Waals surface area contributed by atoms with Crippen molar-refractivity contribution in [2.75, 3.05) is 39.4 Å². The van der Waals surface area contributed by atoms with Crippen molar-refractivity contribution in [3.8, 4) is 11.5 Å². The Morgan fingerprint density at radius 1 is 0.778 bits per heavy atom. The topological polar surface area (TPSA) is 236 Å². The monoisotopic (exact) mass is 1000 g/mol. The molecule has 7 aromatic rings. The Morgan fingerprint density at radius 2 is 1.36 bits per heavy atom. The summed E-state index contributed by atoms with van der Waals surface area (Å²) in [6.45, 7) is 3.58. The summed E-state index contributed by atoms with van der Waals surface area (Å²) in [5, 5.41) is 2.83. The molecule has 1 amide bonds. The molecular formula is C51H52N7O13P. The second-order valence-electron chi connectivity index (χ2n) is 17.2. The Kier molecular flexibility index (Phi) is 14.6. The van der Waals surface area contributed by atoms with Gasteiger partial charge in [0.05, 0.1) is 39.9 Å². The molecule has 0 spiro atoms. The van der Waals surface area contributed by atoms with Gasteiger partial charge in [0.15, 0.2) is 17.0 Å². The maximum Gasteiger partial charge on any atom is 0.330 e. The highest BCUT2D eigenvalue weighted by atomic mass is 31.2. The predicted molar refractivity (Wildman–Crippen MR) is 261 cm³/mol. The van der Waals surface area contributed by atoms with E-state index in [1.807, 2.05) is 84.9 Å². The minimum Gasteiger partial charge on any atom is -0.497 e. The van der Waals surface area contributed by atoms with Crippen molar-refractivity contribution in [3.63, 3.8) is 0 Å². The number of esters is 1. The van der Waals surface area contributed by atoms with E-state index in [9.17, 15) is 23.7 Å². The number of aromatic amines is 1. The van der Waals surface area contributed by atoms with Crippen LogP contribution >= 0.6 is 7.60 Å². The van der Waals surface area contributed by atoms with E-state index >= 15 is 0 Å². The van der Waals surface area contributed by atoms with Crippen LogP contribution in [0.1, 0.15) is 64.8 Å². The normalized spacial score (nSPS) is 20.7. The lowest BCUT2D eigenvalue weighted by molar-refractivity contribution is -0.150. The van der Waals surface area contributed by atoms with Gasteiger partial charge in [-0.05, 0) is 60.0 Å². The van der Waals surface area contributed by atoms with E-state index in [0.29, 0.717) is 28.2 Å². The first kappa shape index (κ1) is 49.7. The first-order valence-electron chi connectivity index (χ1n) is 23.0. The van der Waals surface area contributed by atoms with Gasteiger partial charge in [0.25, 0.3) is 11.5 Å². The highest BCUT2D eigenvalue weighted by molar-refractivity contribution is 7.53. The van der Waals surface area contributed by atoms with Gasteiger partial charge in [-0.15, -0.1) is 0 Å². The maximum absolute atomic E-state index is 14.6. The van der Waals surface area contributed by atoms with Gasteiger partial charge in [-0.25, -0.2) is 19.7 Å². The summed E-state index contributed by atoms with van der Waals surface area (Å²) in [4.78, 5) is 66.1. The third kappa shape index (κ3) is 10.5. The van der Waals surface area contributed by atoms with E-state index in [1.165, 1.54) is 37.0 Å². The Hall–Kier alpha value is -7.32. The number of amides is 1. The maximum atomic E-state index is 14.6. The van der Waals surface area contributed by atoms with Crippen LogP contribution in [0, 0.1) is 6.92 Å². The zero-order chi connectivity index (χ0) is 50.6. The Balaban J connectivity index is 1.04. The third-order valence-electron chi connectivity index (χ3n) is 12.5. The first-order chi connectivity index (χ1) is 34.7. The quantitative estimate of drug-likeness (QED) is 0.0517. The molecule has 2 N–H and O–H groups in total. The number of rotatable bonds is 18. The molecule has 9 rings (SSSR count). The number of hydrogen-bond acceptors (Lipinski definition) is 16. The van der Waals surface area contributed by atoms with E-state index < -0.39 is 67.3 Å². The summed E-state index contributed by atoms with van der Waals surface area (Å²) in [6.07, 6.45) is -1.26. The van der Waals surface area contributed by atoms with Crippen LogP contribution in [-0.2, 0) is 43.0 Å². The van der Waals surface area contributed by atoms with Gasteiger partial charge in [-0.1, -0.05) is 72.8 Å². The fourth-order valence-corrected chi connectivity index (χ4v) is 10.2. The number of fused-ring (bicyclic) bond motifs is 1. The number of anilines is 1. The zero-order valence-corrected chi connectivity index (χ0v) is 40.8. The predicted octanol–water partition coefficient (Wildman–Crippen LogP) is 6.69. The minimum atomic E-state index is -4.07. The van der Waals surface area contributed by atoms with Gasteiger partial charge in [-0.2, -0.15) is 0 Å². The van der Waals surface area contributed by atoms with Crippen molar-refractivity contribution in [2.45, 2.75) is 69.2 Å². The number of nitrogens with one attached hydrogen (secondary N) is 2. The van der Waals surface area contributed by atoms with E-state index in [2.05, 4.69) is 25.3 Å². The van der Waals surface area contributed by atoms with Crippen LogP contribution in [0.2, 0.25) is 0 Å². The molecule has 1 unspecified atom stereocenters. The number of aromatic nitrogens is 6. The Bertz CT molecular complexity index is 3160. The number of benzene rings is 4. The fraction of sp³-hybridized carbons (Fsp3) is 0.314. The minimum absolute atomic E-state index is 0.0387. The molecule has 2 saturated heterocycles. The van der Waals surface area contributed by atoms with Gasteiger partial charge in [0, 0.05) is 43.8 Å². The molecular weight excluding hydrogens is 950 g/mol. The first-order valence-corrected chi connectivity index (χ1v) is 25.0. The van der Waals surface area contributed by atoms with Crippen molar-refractivity contribution in [1.29, 1.82) is 0 Å². The summed E-state index contributed by atoms with van der Waals surface area (Å²) in [7, 11) is -0.884. The average molecular weight is 1000 g/mol. The number of ether oxygens (including phenoxy) is 6. The van der Waals surface area contributed by atoms with E-state index in [1.54, 1.807) is 50.0 Å². The van der Waals surface area contributed by atoms with Gasteiger partial charge in [0.2, 0.25) is 0 Å². The highest BCUT2D eigenvalue weighted by Crippen LogP contribution is 2.51. The van der Waals surface area contributed by atoms with Gasteiger partial charge in [0.1, 0.15) is 54.2 Å². The van der Waals surface area contributed by atoms with Crippen LogP contribution in [0.4, 0.5) is 5.82 Å². The van der Waals surface area contributed by atoms with Gasteiger partial charge in [-0.3, -0.25) is 33.1 Å². The Morgan fingerprint density at radius 3 is 1.99 bits per heavy atom. The van der Waals surface area contributed by atoms with Crippen LogP contribution < -0.4 is 26.0 Å². The second-order valence-corrected chi connectivity index (χ2v) is 19.3. The lowest BCUT2D eigenvalue weighted by Crippen LogP contribution is -2.38. The van der Waals surface area contributed by atoms with E-state index in [-0.39, 0.29) is 43.3 Å². The highest BCUT2D eigenvalue weighted by Gasteiger charge is 2.46. The number of nitrogens with zero attached hydrogens (tertiary/aromatic N) is 5. The van der Waals surface area contributed by atoms with Crippen LogP contribution in [0.15, 0.2) is 138 Å². The Labute approximate surface area is 412 Å². The number of carbonyl (C=O) groups is 2. The lowest BCUT2D eigenvalue weighted by Gasteiger charge is -2.37. The van der Waals surface area contributed by atoms with E-state index in [4.69, 9.17) is 37.5 Å². The molecule has 5 heterocycles. The summed E-state index contributed by atoms with van der Waals surface area (Å²) in [6, 6.07) is 33.5. The van der Waals surface area contributed by atoms with Crippen LogP contribution in [0.3, 0.4) is 0 Å². The van der Waals surface area contributed by atoms with Crippen LogP contribution in [-0.4, -0.2) is 99.5 Å². The molecule has 0 saturated carbocycles. The summed E-state index contributed by atoms with van der Waals surface area (Å²) >= 11 is 0. The van der Waals surface area contributed by atoms with Crippen molar-refractivity contribution in [3.05, 3.63) is 177 Å². The molecule has 7 atom stereocenters. The number of H-pyrrole nitrogens is 1. The standard InChI is InChI=1S/C51H52N7O13P/c1-31-26-57(50(62)56-48(31)60)43-24-39(68-32(2)59)42(70-43)28-67-72(5,63)71-40-25-44(58-30-54-45-46(52-29-53-47(45)58)55-49(61)33-12-8-6-9-13-33)69-41(40)27-66-51(34-14-10-7-11-15-34,35-16-20-37(64-3)21-17-35)36-18-22-38(65-4)23-19-36/h6-23,26,29-30,39-44H,24-25,27-28H2,1-5H3,(H,56,60,62)(H,52,53,55,61)/t39-,40-,41+,42+,43+,44+,72?/m0/s1. The molecule has 0 bridgehead atoms. The number of carbonyl (C=O) groups excluding carboxylic acids is 2. The smallest absolute Gasteiger partial charge is 0.330 e.